The van der Waals surface area contributed by atoms with Gasteiger partial charge < -0.3 is 15.0 Å². The second kappa shape index (κ2) is 6.36. The van der Waals surface area contributed by atoms with Crippen molar-refractivity contribution in [2.75, 3.05) is 39.8 Å². The number of benzene rings is 1. The van der Waals surface area contributed by atoms with Gasteiger partial charge in [0.15, 0.2) is 0 Å². The molecule has 0 aromatic heterocycles. The topological polar surface area (TPSA) is 24.5 Å². The van der Waals surface area contributed by atoms with Crippen molar-refractivity contribution in [3.8, 4) is 5.75 Å². The lowest BCUT2D eigenvalue weighted by Gasteiger charge is -2.27. The number of nitrogens with zero attached hydrogens (tertiary/aromatic N) is 1. The summed E-state index contributed by atoms with van der Waals surface area (Å²) in [7, 11) is 1.50. The fraction of sp³-hybridized carbons (Fsp3) is 0.538. The molecule has 100 valence electrons. The Labute approximate surface area is 112 Å². The lowest BCUT2D eigenvalue weighted by Crippen LogP contribution is -2.44. The van der Waals surface area contributed by atoms with E-state index in [9.17, 15) is 4.39 Å². The molecule has 0 bridgehead atoms. The summed E-state index contributed by atoms with van der Waals surface area (Å²) in [6.07, 6.45) is 0.810. The van der Waals surface area contributed by atoms with Gasteiger partial charge in [-0.25, -0.2) is 4.39 Å². The first-order valence-corrected chi connectivity index (χ1v) is 6.53. The summed E-state index contributed by atoms with van der Waals surface area (Å²) in [5.74, 6) is -0.00157. The van der Waals surface area contributed by atoms with Gasteiger partial charge >= 0.3 is 0 Å². The molecule has 1 heterocycles. The summed E-state index contributed by atoms with van der Waals surface area (Å²) < 4.78 is 18.6. The van der Waals surface area contributed by atoms with Crippen LogP contribution in [0.2, 0.25) is 5.02 Å². The normalized spacial score (nSPS) is 16.8. The molecule has 1 saturated heterocycles. The Kier molecular flexibility index (Phi) is 4.80. The zero-order valence-corrected chi connectivity index (χ0v) is 11.3. The highest BCUT2D eigenvalue weighted by molar-refractivity contribution is 6.32. The summed E-state index contributed by atoms with van der Waals surface area (Å²) in [4.78, 5) is 2.37. The van der Waals surface area contributed by atoms with E-state index in [-0.39, 0.29) is 5.02 Å². The number of piperazine rings is 1. The van der Waals surface area contributed by atoms with Crippen LogP contribution in [0.15, 0.2) is 12.1 Å². The zero-order valence-electron chi connectivity index (χ0n) is 10.5. The molecule has 0 atom stereocenters. The Balaban J connectivity index is 1.98. The van der Waals surface area contributed by atoms with E-state index in [1.807, 2.05) is 6.07 Å². The van der Waals surface area contributed by atoms with Crippen molar-refractivity contribution in [2.24, 2.45) is 0 Å². The third-order valence-corrected chi connectivity index (χ3v) is 3.57. The fourth-order valence-corrected chi connectivity index (χ4v) is 2.32. The second-order valence-electron chi connectivity index (χ2n) is 4.44. The smallest absolute Gasteiger partial charge is 0.145 e. The molecule has 3 nitrogen and oxygen atoms in total. The average molecular weight is 273 g/mol. The molecular weight excluding hydrogens is 255 g/mol. The lowest BCUT2D eigenvalue weighted by molar-refractivity contribution is 0.243. The van der Waals surface area contributed by atoms with Crippen LogP contribution in [0.4, 0.5) is 4.39 Å². The number of halogens is 2. The van der Waals surface area contributed by atoms with E-state index in [1.165, 1.54) is 13.2 Å². The summed E-state index contributed by atoms with van der Waals surface area (Å²) >= 11 is 5.80. The van der Waals surface area contributed by atoms with Gasteiger partial charge in [0.25, 0.3) is 0 Å². The number of hydrogen-bond acceptors (Lipinski definition) is 3. The molecule has 0 saturated carbocycles. The highest BCUT2D eigenvalue weighted by Gasteiger charge is 2.12. The van der Waals surface area contributed by atoms with Gasteiger partial charge in [-0.05, 0) is 24.1 Å². The number of ether oxygens (including phenoxy) is 1. The van der Waals surface area contributed by atoms with E-state index in [2.05, 4.69) is 10.2 Å². The van der Waals surface area contributed by atoms with Crippen LogP contribution in [0.25, 0.3) is 0 Å². The Morgan fingerprint density at radius 3 is 2.78 bits per heavy atom. The fourth-order valence-electron chi connectivity index (χ4n) is 2.13. The molecule has 1 fully saturated rings. The molecule has 0 amide bonds. The molecule has 0 radical (unpaired) electrons. The van der Waals surface area contributed by atoms with Crippen molar-refractivity contribution in [2.45, 2.75) is 6.42 Å². The Bertz CT molecular complexity index is 408. The lowest BCUT2D eigenvalue weighted by atomic mass is 10.1. The largest absolute Gasteiger partial charge is 0.495 e. The molecule has 5 heteroatoms. The van der Waals surface area contributed by atoms with Gasteiger partial charge in [-0.3, -0.25) is 0 Å². The first kappa shape index (κ1) is 13.6. The number of hydrogen-bond donors (Lipinski definition) is 1. The van der Waals surface area contributed by atoms with Gasteiger partial charge in [0.1, 0.15) is 16.6 Å². The van der Waals surface area contributed by atoms with Crippen molar-refractivity contribution in [1.82, 2.24) is 10.2 Å². The summed E-state index contributed by atoms with van der Waals surface area (Å²) in [6, 6.07) is 3.31. The van der Waals surface area contributed by atoms with E-state index in [0.29, 0.717) is 5.75 Å². The molecule has 1 aliphatic heterocycles. The van der Waals surface area contributed by atoms with Crippen LogP contribution in [0.3, 0.4) is 0 Å². The highest BCUT2D eigenvalue weighted by Crippen LogP contribution is 2.28. The molecule has 0 aliphatic carbocycles. The van der Waals surface area contributed by atoms with E-state index in [4.69, 9.17) is 16.3 Å². The van der Waals surface area contributed by atoms with E-state index < -0.39 is 5.82 Å². The van der Waals surface area contributed by atoms with Crippen LogP contribution in [0.5, 0.6) is 5.75 Å². The van der Waals surface area contributed by atoms with Crippen LogP contribution in [-0.4, -0.2) is 44.7 Å². The maximum atomic E-state index is 13.6. The van der Waals surface area contributed by atoms with Gasteiger partial charge in [0, 0.05) is 32.7 Å². The van der Waals surface area contributed by atoms with Crippen LogP contribution < -0.4 is 10.1 Å². The second-order valence-corrected chi connectivity index (χ2v) is 4.81. The molecule has 18 heavy (non-hydrogen) atoms. The van der Waals surface area contributed by atoms with Crippen LogP contribution in [0.1, 0.15) is 5.56 Å². The van der Waals surface area contributed by atoms with E-state index in [1.54, 1.807) is 0 Å². The third kappa shape index (κ3) is 3.34. The van der Waals surface area contributed by atoms with Gasteiger partial charge in [0.05, 0.1) is 7.11 Å². The van der Waals surface area contributed by atoms with Gasteiger partial charge in [-0.2, -0.15) is 0 Å². The monoisotopic (exact) mass is 272 g/mol. The third-order valence-electron chi connectivity index (χ3n) is 3.20. The van der Waals surface area contributed by atoms with Gasteiger partial charge in [-0.1, -0.05) is 11.6 Å². The minimum atomic E-state index is -0.411. The Morgan fingerprint density at radius 2 is 2.11 bits per heavy atom. The van der Waals surface area contributed by atoms with E-state index in [0.717, 1.165) is 44.7 Å². The minimum absolute atomic E-state index is 0.0587. The maximum absolute atomic E-state index is 13.6. The van der Waals surface area contributed by atoms with Gasteiger partial charge in [0.2, 0.25) is 0 Å². The van der Waals surface area contributed by atoms with Crippen molar-refractivity contribution >= 4 is 11.6 Å². The molecular formula is C13H18ClFN2O. The van der Waals surface area contributed by atoms with Crippen LogP contribution in [0, 0.1) is 5.82 Å². The van der Waals surface area contributed by atoms with Crippen molar-refractivity contribution < 1.29 is 9.13 Å². The molecule has 1 aromatic carbocycles. The Morgan fingerprint density at radius 1 is 1.39 bits per heavy atom. The summed E-state index contributed by atoms with van der Waals surface area (Å²) in [6.45, 7) is 5.09. The quantitative estimate of drug-likeness (QED) is 0.907. The molecule has 0 spiro atoms. The predicted molar refractivity (Wildman–Crippen MR) is 71.0 cm³/mol. The summed E-state index contributed by atoms with van der Waals surface area (Å²) in [5.41, 5.74) is 0.923. The van der Waals surface area contributed by atoms with Crippen LogP contribution >= 0.6 is 11.6 Å². The zero-order chi connectivity index (χ0) is 13.0. The molecule has 1 aromatic rings. The summed E-state index contributed by atoms with van der Waals surface area (Å²) in [5, 5.41) is 3.37. The van der Waals surface area contributed by atoms with Gasteiger partial charge in [-0.15, -0.1) is 0 Å². The van der Waals surface area contributed by atoms with Crippen LogP contribution in [-0.2, 0) is 6.42 Å². The number of nitrogens with one attached hydrogen (secondary N) is 1. The van der Waals surface area contributed by atoms with E-state index >= 15 is 0 Å². The van der Waals surface area contributed by atoms with Crippen molar-refractivity contribution in [1.29, 1.82) is 0 Å². The average Bonchev–Trinajstić information content (AvgIpc) is 2.41. The maximum Gasteiger partial charge on any atom is 0.145 e. The molecule has 0 unspecified atom stereocenters. The first-order valence-electron chi connectivity index (χ1n) is 6.15. The molecule has 2 rings (SSSR count). The predicted octanol–water partition coefficient (Wildman–Crippen LogP) is 1.94. The molecule has 1 aliphatic rings. The SMILES string of the molecule is COc1cc(CCN2CCNCC2)cc(F)c1Cl. The molecule has 1 N–H and O–H groups in total. The standard InChI is InChI=1S/C13H18ClFN2O/c1-18-12-9-10(8-11(15)13(12)14)2-5-17-6-3-16-4-7-17/h8-9,16H,2-7H2,1H3. The van der Waals surface area contributed by atoms with Crippen molar-refractivity contribution in [3.05, 3.63) is 28.5 Å². The Hall–Kier alpha value is -0.840. The first-order chi connectivity index (χ1) is 8.70. The van der Waals surface area contributed by atoms with Crippen molar-refractivity contribution in [3.63, 3.8) is 0 Å². The number of methoxy groups -OCH3 is 1. The highest BCUT2D eigenvalue weighted by atomic mass is 35.5. The number of rotatable bonds is 4. The minimum Gasteiger partial charge on any atom is -0.495 e.